The summed E-state index contributed by atoms with van der Waals surface area (Å²) in [5, 5.41) is 18.6. The maximum Gasteiger partial charge on any atom is 0.124 e. The Bertz CT molecular complexity index is 301. The van der Waals surface area contributed by atoms with Crippen LogP contribution >= 0.6 is 0 Å². The van der Waals surface area contributed by atoms with E-state index in [1.165, 1.54) is 0 Å². The number of aliphatic hydroxyl groups is 2. The average molecular weight is 226 g/mol. The van der Waals surface area contributed by atoms with E-state index >= 15 is 0 Å². The van der Waals surface area contributed by atoms with Gasteiger partial charge in [-0.2, -0.15) is 0 Å². The van der Waals surface area contributed by atoms with Crippen LogP contribution in [0.1, 0.15) is 12.5 Å². The number of hydrogen-bond donors (Lipinski definition) is 2. The maximum atomic E-state index is 9.49. The average Bonchev–Trinajstić information content (AvgIpc) is 2.34. The van der Waals surface area contributed by atoms with Gasteiger partial charge in [-0.05, 0) is 13.0 Å². The molecule has 0 saturated heterocycles. The molecule has 4 heteroatoms. The first-order valence-corrected chi connectivity index (χ1v) is 5.35. The number of benzene rings is 1. The molecule has 0 aliphatic rings. The van der Waals surface area contributed by atoms with Crippen LogP contribution in [0, 0.1) is 0 Å². The molecule has 0 aliphatic heterocycles. The van der Waals surface area contributed by atoms with Crippen molar-refractivity contribution in [3.8, 4) is 5.75 Å². The summed E-state index contributed by atoms with van der Waals surface area (Å²) < 4.78 is 10.5. The van der Waals surface area contributed by atoms with Gasteiger partial charge in [-0.15, -0.1) is 0 Å². The van der Waals surface area contributed by atoms with E-state index in [4.69, 9.17) is 14.6 Å². The molecule has 1 aromatic carbocycles. The SMILES string of the molecule is CCOCC(O)COc1ccccc1CO. The normalized spacial score (nSPS) is 12.4. The lowest BCUT2D eigenvalue weighted by molar-refractivity contribution is 0.0160. The van der Waals surface area contributed by atoms with E-state index in [2.05, 4.69) is 0 Å². The summed E-state index contributed by atoms with van der Waals surface area (Å²) in [5.41, 5.74) is 0.714. The summed E-state index contributed by atoms with van der Waals surface area (Å²) in [6.45, 7) is 2.80. The molecule has 0 heterocycles. The van der Waals surface area contributed by atoms with Gasteiger partial charge >= 0.3 is 0 Å². The quantitative estimate of drug-likeness (QED) is 0.727. The van der Waals surface area contributed by atoms with Gasteiger partial charge in [-0.25, -0.2) is 0 Å². The summed E-state index contributed by atoms with van der Waals surface area (Å²) in [6.07, 6.45) is -0.647. The van der Waals surface area contributed by atoms with Crippen LogP contribution in [-0.4, -0.2) is 36.1 Å². The Kier molecular flexibility index (Phi) is 5.85. The Morgan fingerprint density at radius 1 is 1.25 bits per heavy atom. The molecule has 0 aromatic heterocycles. The van der Waals surface area contributed by atoms with Crippen LogP contribution in [0.25, 0.3) is 0 Å². The first-order valence-electron chi connectivity index (χ1n) is 5.35. The van der Waals surface area contributed by atoms with E-state index < -0.39 is 6.10 Å². The van der Waals surface area contributed by atoms with Crippen molar-refractivity contribution in [1.29, 1.82) is 0 Å². The third kappa shape index (κ3) is 4.18. The van der Waals surface area contributed by atoms with Crippen LogP contribution < -0.4 is 4.74 Å². The van der Waals surface area contributed by atoms with Crippen molar-refractivity contribution in [3.63, 3.8) is 0 Å². The minimum absolute atomic E-state index is 0.0717. The van der Waals surface area contributed by atoms with Gasteiger partial charge in [0.25, 0.3) is 0 Å². The minimum atomic E-state index is -0.647. The zero-order valence-electron chi connectivity index (χ0n) is 9.43. The summed E-state index contributed by atoms with van der Waals surface area (Å²) in [6, 6.07) is 7.20. The lowest BCUT2D eigenvalue weighted by Crippen LogP contribution is -2.23. The smallest absolute Gasteiger partial charge is 0.124 e. The molecule has 1 atom stereocenters. The fourth-order valence-corrected chi connectivity index (χ4v) is 1.26. The highest BCUT2D eigenvalue weighted by Crippen LogP contribution is 2.17. The Balaban J connectivity index is 2.41. The molecule has 90 valence electrons. The second kappa shape index (κ2) is 7.22. The molecule has 0 aliphatic carbocycles. The zero-order valence-corrected chi connectivity index (χ0v) is 9.43. The Hall–Kier alpha value is -1.10. The van der Waals surface area contributed by atoms with Crippen molar-refractivity contribution in [2.24, 2.45) is 0 Å². The van der Waals surface area contributed by atoms with Crippen molar-refractivity contribution in [1.82, 2.24) is 0 Å². The summed E-state index contributed by atoms with van der Waals surface area (Å²) in [5.74, 6) is 0.598. The van der Waals surface area contributed by atoms with Gasteiger partial charge < -0.3 is 19.7 Å². The predicted molar refractivity (Wildman–Crippen MR) is 60.4 cm³/mol. The second-order valence-corrected chi connectivity index (χ2v) is 3.39. The highest BCUT2D eigenvalue weighted by Gasteiger charge is 2.07. The number of aliphatic hydroxyl groups excluding tert-OH is 2. The van der Waals surface area contributed by atoms with Gasteiger partial charge in [0.15, 0.2) is 0 Å². The van der Waals surface area contributed by atoms with E-state index in [1.807, 2.05) is 19.1 Å². The maximum absolute atomic E-state index is 9.49. The molecule has 1 unspecified atom stereocenters. The Morgan fingerprint density at radius 3 is 2.69 bits per heavy atom. The van der Waals surface area contributed by atoms with E-state index in [1.54, 1.807) is 12.1 Å². The van der Waals surface area contributed by atoms with E-state index in [-0.39, 0.29) is 19.8 Å². The minimum Gasteiger partial charge on any atom is -0.490 e. The van der Waals surface area contributed by atoms with Crippen molar-refractivity contribution in [2.45, 2.75) is 19.6 Å². The van der Waals surface area contributed by atoms with Gasteiger partial charge in [-0.3, -0.25) is 0 Å². The van der Waals surface area contributed by atoms with Crippen LogP contribution in [0.2, 0.25) is 0 Å². The number of hydrogen-bond acceptors (Lipinski definition) is 4. The van der Waals surface area contributed by atoms with Crippen LogP contribution in [0.5, 0.6) is 5.75 Å². The van der Waals surface area contributed by atoms with Gasteiger partial charge in [0, 0.05) is 12.2 Å². The topological polar surface area (TPSA) is 58.9 Å². The molecule has 2 N–H and O–H groups in total. The molecule has 16 heavy (non-hydrogen) atoms. The lowest BCUT2D eigenvalue weighted by atomic mass is 10.2. The lowest BCUT2D eigenvalue weighted by Gasteiger charge is -2.13. The third-order valence-corrected chi connectivity index (χ3v) is 2.09. The highest BCUT2D eigenvalue weighted by molar-refractivity contribution is 5.32. The van der Waals surface area contributed by atoms with Gasteiger partial charge in [-0.1, -0.05) is 18.2 Å². The zero-order chi connectivity index (χ0) is 11.8. The molecule has 0 saturated carbocycles. The molecule has 1 rings (SSSR count). The van der Waals surface area contributed by atoms with Gasteiger partial charge in [0.1, 0.15) is 18.5 Å². The van der Waals surface area contributed by atoms with Crippen molar-refractivity contribution < 1.29 is 19.7 Å². The molecule has 0 amide bonds. The second-order valence-electron chi connectivity index (χ2n) is 3.39. The molecule has 0 spiro atoms. The van der Waals surface area contributed by atoms with E-state index in [0.29, 0.717) is 17.9 Å². The van der Waals surface area contributed by atoms with E-state index in [0.717, 1.165) is 0 Å². The van der Waals surface area contributed by atoms with Crippen molar-refractivity contribution in [3.05, 3.63) is 29.8 Å². The largest absolute Gasteiger partial charge is 0.490 e. The number of ether oxygens (including phenoxy) is 2. The number of rotatable bonds is 7. The first kappa shape index (κ1) is 13.0. The Labute approximate surface area is 95.4 Å². The molecular formula is C12H18O4. The first-order chi connectivity index (χ1) is 7.77. The third-order valence-electron chi connectivity index (χ3n) is 2.09. The molecule has 0 radical (unpaired) electrons. The molecule has 0 fully saturated rings. The summed E-state index contributed by atoms with van der Waals surface area (Å²) >= 11 is 0. The molecule has 0 bridgehead atoms. The summed E-state index contributed by atoms with van der Waals surface area (Å²) in [7, 11) is 0. The molecule has 1 aromatic rings. The Morgan fingerprint density at radius 2 is 2.00 bits per heavy atom. The van der Waals surface area contributed by atoms with Crippen LogP contribution in [0.15, 0.2) is 24.3 Å². The summed E-state index contributed by atoms with van der Waals surface area (Å²) in [4.78, 5) is 0. The number of para-hydroxylation sites is 1. The van der Waals surface area contributed by atoms with Gasteiger partial charge in [0.05, 0.1) is 13.2 Å². The molecular weight excluding hydrogens is 208 g/mol. The highest BCUT2D eigenvalue weighted by atomic mass is 16.5. The fraction of sp³-hybridized carbons (Fsp3) is 0.500. The fourth-order valence-electron chi connectivity index (χ4n) is 1.26. The predicted octanol–water partition coefficient (Wildman–Crippen LogP) is 0.955. The van der Waals surface area contributed by atoms with E-state index in [9.17, 15) is 5.11 Å². The van der Waals surface area contributed by atoms with Crippen LogP contribution in [0.3, 0.4) is 0 Å². The molecule has 4 nitrogen and oxygen atoms in total. The van der Waals surface area contributed by atoms with Gasteiger partial charge in [0.2, 0.25) is 0 Å². The van der Waals surface area contributed by atoms with Crippen LogP contribution in [-0.2, 0) is 11.3 Å². The van der Waals surface area contributed by atoms with Crippen LogP contribution in [0.4, 0.5) is 0 Å². The van der Waals surface area contributed by atoms with Crippen molar-refractivity contribution in [2.75, 3.05) is 19.8 Å². The standard InChI is InChI=1S/C12H18O4/c1-2-15-8-11(14)9-16-12-6-4-3-5-10(12)7-13/h3-6,11,13-14H,2,7-9H2,1H3. The van der Waals surface area contributed by atoms with Crippen molar-refractivity contribution >= 4 is 0 Å². The monoisotopic (exact) mass is 226 g/mol.